The molecule has 0 fully saturated rings. The maximum absolute atomic E-state index is 11.8. The number of hydrogen-bond donors (Lipinski definition) is 2. The molecular formula is C13H16N2O3. The highest BCUT2D eigenvalue weighted by atomic mass is 16.4. The quantitative estimate of drug-likeness (QED) is 0.775. The lowest BCUT2D eigenvalue weighted by atomic mass is 10.1. The van der Waals surface area contributed by atoms with Crippen molar-refractivity contribution in [3.05, 3.63) is 41.7 Å². The Balaban J connectivity index is 2.72. The zero-order valence-corrected chi connectivity index (χ0v) is 10.4. The number of nitrogens with zero attached hydrogens (tertiary/aromatic N) is 1. The van der Waals surface area contributed by atoms with E-state index in [0.29, 0.717) is 5.56 Å². The monoisotopic (exact) mass is 248 g/mol. The fourth-order valence-corrected chi connectivity index (χ4v) is 1.34. The van der Waals surface area contributed by atoms with E-state index in [9.17, 15) is 9.59 Å². The SMILES string of the molecule is C/C=C/CC(NC(=O)c1ccc(C)nc1)C(=O)O. The number of aromatic nitrogens is 1. The standard InChI is InChI=1S/C13H16N2O3/c1-3-4-5-11(13(17)18)15-12(16)10-7-6-9(2)14-8-10/h3-4,6-8,11H,5H2,1-2H3,(H,15,16)(H,17,18)/b4-3+. The number of pyridine rings is 1. The van der Waals surface area contributed by atoms with Gasteiger partial charge in [-0.2, -0.15) is 0 Å². The summed E-state index contributed by atoms with van der Waals surface area (Å²) in [5.41, 5.74) is 1.16. The first-order valence-electron chi connectivity index (χ1n) is 5.62. The second-order valence-corrected chi connectivity index (χ2v) is 3.86. The van der Waals surface area contributed by atoms with Crippen LogP contribution in [0.5, 0.6) is 0 Å². The lowest BCUT2D eigenvalue weighted by molar-refractivity contribution is -0.139. The third-order valence-corrected chi connectivity index (χ3v) is 2.38. The Morgan fingerprint density at radius 3 is 2.72 bits per heavy atom. The number of carbonyl (C=O) groups is 2. The summed E-state index contributed by atoms with van der Waals surface area (Å²) in [6.07, 6.45) is 5.14. The minimum Gasteiger partial charge on any atom is -0.480 e. The molecule has 1 heterocycles. The molecule has 0 aromatic carbocycles. The van der Waals surface area contributed by atoms with Crippen LogP contribution in [0, 0.1) is 6.92 Å². The Morgan fingerprint density at radius 2 is 2.22 bits per heavy atom. The van der Waals surface area contributed by atoms with Crippen LogP contribution in [-0.2, 0) is 4.79 Å². The van der Waals surface area contributed by atoms with Crippen molar-refractivity contribution in [1.29, 1.82) is 0 Å². The van der Waals surface area contributed by atoms with Gasteiger partial charge in [-0.3, -0.25) is 9.78 Å². The number of amides is 1. The van der Waals surface area contributed by atoms with Crippen LogP contribution in [0.1, 0.15) is 29.4 Å². The molecule has 0 aliphatic rings. The topological polar surface area (TPSA) is 79.3 Å². The van der Waals surface area contributed by atoms with E-state index in [2.05, 4.69) is 10.3 Å². The lowest BCUT2D eigenvalue weighted by Crippen LogP contribution is -2.40. The van der Waals surface area contributed by atoms with Gasteiger partial charge in [0.25, 0.3) is 5.91 Å². The average molecular weight is 248 g/mol. The Morgan fingerprint density at radius 1 is 1.50 bits per heavy atom. The Labute approximate surface area is 106 Å². The Hall–Kier alpha value is -2.17. The summed E-state index contributed by atoms with van der Waals surface area (Å²) in [6, 6.07) is 2.40. The fourth-order valence-electron chi connectivity index (χ4n) is 1.34. The highest BCUT2D eigenvalue weighted by Crippen LogP contribution is 2.02. The van der Waals surface area contributed by atoms with Crippen LogP contribution in [-0.4, -0.2) is 28.0 Å². The first-order chi connectivity index (χ1) is 8.54. The maximum atomic E-state index is 11.8. The number of allylic oxidation sites excluding steroid dienone is 1. The van der Waals surface area contributed by atoms with Crippen molar-refractivity contribution in [2.45, 2.75) is 26.3 Å². The highest BCUT2D eigenvalue weighted by Gasteiger charge is 2.19. The Bertz CT molecular complexity index is 452. The van der Waals surface area contributed by atoms with Crippen molar-refractivity contribution in [3.63, 3.8) is 0 Å². The summed E-state index contributed by atoms with van der Waals surface area (Å²) in [6.45, 7) is 3.61. The van der Waals surface area contributed by atoms with Gasteiger partial charge < -0.3 is 10.4 Å². The average Bonchev–Trinajstić information content (AvgIpc) is 2.34. The molecule has 1 amide bonds. The van der Waals surface area contributed by atoms with Crippen LogP contribution in [0.2, 0.25) is 0 Å². The molecule has 0 radical (unpaired) electrons. The van der Waals surface area contributed by atoms with E-state index in [4.69, 9.17) is 5.11 Å². The molecule has 2 N–H and O–H groups in total. The maximum Gasteiger partial charge on any atom is 0.326 e. The highest BCUT2D eigenvalue weighted by molar-refractivity contribution is 5.96. The van der Waals surface area contributed by atoms with Gasteiger partial charge in [-0.05, 0) is 32.4 Å². The van der Waals surface area contributed by atoms with E-state index >= 15 is 0 Å². The molecule has 0 aliphatic carbocycles. The number of aryl methyl sites for hydroxylation is 1. The fraction of sp³-hybridized carbons (Fsp3) is 0.308. The predicted octanol–water partition coefficient (Wildman–Crippen LogP) is 1.54. The zero-order valence-electron chi connectivity index (χ0n) is 10.4. The minimum absolute atomic E-state index is 0.261. The van der Waals surface area contributed by atoms with Crippen LogP contribution in [0.25, 0.3) is 0 Å². The number of hydrogen-bond acceptors (Lipinski definition) is 3. The largest absolute Gasteiger partial charge is 0.480 e. The zero-order chi connectivity index (χ0) is 13.5. The molecular weight excluding hydrogens is 232 g/mol. The molecule has 1 aromatic rings. The number of nitrogens with one attached hydrogen (secondary N) is 1. The summed E-state index contributed by atoms with van der Waals surface area (Å²) in [4.78, 5) is 26.7. The summed E-state index contributed by atoms with van der Waals surface area (Å²) >= 11 is 0. The van der Waals surface area contributed by atoms with Gasteiger partial charge in [0.15, 0.2) is 0 Å². The molecule has 0 aliphatic heterocycles. The smallest absolute Gasteiger partial charge is 0.326 e. The van der Waals surface area contributed by atoms with Gasteiger partial charge >= 0.3 is 5.97 Å². The van der Waals surface area contributed by atoms with Gasteiger partial charge in [-0.25, -0.2) is 4.79 Å². The molecule has 18 heavy (non-hydrogen) atoms. The van der Waals surface area contributed by atoms with Gasteiger partial charge in [-0.1, -0.05) is 12.2 Å². The van der Waals surface area contributed by atoms with Crippen LogP contribution in [0.3, 0.4) is 0 Å². The molecule has 5 nitrogen and oxygen atoms in total. The van der Waals surface area contributed by atoms with Crippen molar-refractivity contribution in [2.75, 3.05) is 0 Å². The van der Waals surface area contributed by atoms with E-state index in [1.165, 1.54) is 6.20 Å². The molecule has 0 bridgehead atoms. The van der Waals surface area contributed by atoms with E-state index < -0.39 is 17.9 Å². The molecule has 1 atom stereocenters. The van der Waals surface area contributed by atoms with Gasteiger partial charge in [0.05, 0.1) is 5.56 Å². The van der Waals surface area contributed by atoms with Crippen LogP contribution < -0.4 is 5.32 Å². The van der Waals surface area contributed by atoms with E-state index in [-0.39, 0.29) is 6.42 Å². The van der Waals surface area contributed by atoms with Crippen molar-refractivity contribution in [2.24, 2.45) is 0 Å². The van der Waals surface area contributed by atoms with Gasteiger partial charge in [0.2, 0.25) is 0 Å². The first-order valence-corrected chi connectivity index (χ1v) is 5.62. The third-order valence-electron chi connectivity index (χ3n) is 2.38. The Kier molecular flexibility index (Phi) is 5.05. The number of aliphatic carboxylic acids is 1. The second kappa shape index (κ2) is 6.54. The molecule has 0 spiro atoms. The predicted molar refractivity (Wildman–Crippen MR) is 67.3 cm³/mol. The second-order valence-electron chi connectivity index (χ2n) is 3.86. The number of rotatable bonds is 5. The van der Waals surface area contributed by atoms with Crippen molar-refractivity contribution in [3.8, 4) is 0 Å². The summed E-state index contributed by atoms with van der Waals surface area (Å²) in [5, 5.41) is 11.4. The summed E-state index contributed by atoms with van der Waals surface area (Å²) in [5.74, 6) is -1.49. The number of carboxylic acid groups (broad SMARTS) is 1. The van der Waals surface area contributed by atoms with Gasteiger partial charge in [0.1, 0.15) is 6.04 Å². The van der Waals surface area contributed by atoms with Crippen molar-refractivity contribution >= 4 is 11.9 Å². The molecule has 1 aromatic heterocycles. The molecule has 96 valence electrons. The van der Waals surface area contributed by atoms with E-state index in [0.717, 1.165) is 5.69 Å². The lowest BCUT2D eigenvalue weighted by Gasteiger charge is -2.12. The van der Waals surface area contributed by atoms with Crippen molar-refractivity contribution in [1.82, 2.24) is 10.3 Å². The number of carbonyl (C=O) groups excluding carboxylic acids is 1. The summed E-state index contributed by atoms with van der Waals surface area (Å²) in [7, 11) is 0. The van der Waals surface area contributed by atoms with Crippen LogP contribution in [0.4, 0.5) is 0 Å². The molecule has 0 saturated carbocycles. The van der Waals surface area contributed by atoms with E-state index in [1.54, 1.807) is 31.2 Å². The number of carboxylic acids is 1. The summed E-state index contributed by atoms with van der Waals surface area (Å²) < 4.78 is 0. The van der Waals surface area contributed by atoms with Crippen LogP contribution >= 0.6 is 0 Å². The van der Waals surface area contributed by atoms with Gasteiger partial charge in [0, 0.05) is 11.9 Å². The molecule has 5 heteroatoms. The minimum atomic E-state index is -1.05. The van der Waals surface area contributed by atoms with Gasteiger partial charge in [-0.15, -0.1) is 0 Å². The van der Waals surface area contributed by atoms with Crippen molar-refractivity contribution < 1.29 is 14.7 Å². The first kappa shape index (κ1) is 13.9. The third kappa shape index (κ3) is 4.01. The van der Waals surface area contributed by atoms with E-state index in [1.807, 2.05) is 6.92 Å². The van der Waals surface area contributed by atoms with Crippen LogP contribution in [0.15, 0.2) is 30.5 Å². The molecule has 1 rings (SSSR count). The molecule has 1 unspecified atom stereocenters. The normalized spacial score (nSPS) is 12.3. The molecule has 0 saturated heterocycles.